The lowest BCUT2D eigenvalue weighted by atomic mass is 10.0. The van der Waals surface area contributed by atoms with Gasteiger partial charge < -0.3 is 9.22 Å². The van der Waals surface area contributed by atoms with Gasteiger partial charge in [0, 0.05) is 6.42 Å². The lowest BCUT2D eigenvalue weighted by Gasteiger charge is -2.29. The van der Waals surface area contributed by atoms with E-state index in [0.29, 0.717) is 25.4 Å². The van der Waals surface area contributed by atoms with Gasteiger partial charge in [0.25, 0.3) is 0 Å². The van der Waals surface area contributed by atoms with Crippen LogP contribution in [-0.2, 0) is 9.53 Å². The van der Waals surface area contributed by atoms with E-state index in [1.165, 1.54) is 154 Å². The number of rotatable bonds is 31. The number of hydrogen-bond acceptors (Lipinski definition) is 2. The summed E-state index contributed by atoms with van der Waals surface area (Å²) in [5.41, 5.74) is 0. The average molecular weight is 525 g/mol. The lowest BCUT2D eigenvalue weighted by Crippen LogP contribution is -2.43. The van der Waals surface area contributed by atoms with E-state index in [9.17, 15) is 4.79 Å². The Bertz CT molecular complexity index is 463. The average Bonchev–Trinajstić information content (AvgIpc) is 2.88. The van der Waals surface area contributed by atoms with E-state index in [-0.39, 0.29) is 0 Å². The van der Waals surface area contributed by atoms with Crippen molar-refractivity contribution in [1.82, 2.24) is 0 Å². The second-order valence-electron chi connectivity index (χ2n) is 12.5. The third-order valence-corrected chi connectivity index (χ3v) is 8.03. The number of ether oxygens (including phenoxy) is 1. The minimum absolute atomic E-state index is 0.291. The van der Waals surface area contributed by atoms with Crippen molar-refractivity contribution in [2.45, 2.75) is 174 Å². The van der Waals surface area contributed by atoms with Crippen LogP contribution in [0.4, 0.5) is 0 Å². The summed E-state index contributed by atoms with van der Waals surface area (Å²) >= 11 is 0. The highest BCUT2D eigenvalue weighted by Gasteiger charge is 2.14. The number of nitrogens with zero attached hydrogens (tertiary/aromatic N) is 1. The molecule has 3 heteroatoms. The first-order chi connectivity index (χ1) is 18.0. The van der Waals surface area contributed by atoms with Crippen LogP contribution in [0.3, 0.4) is 0 Å². The molecular formula is C34H70NO2+. The molecule has 0 aliphatic heterocycles. The maximum atomic E-state index is 12.1. The number of unbranched alkanes of at least 4 members (excludes halogenated alkanes) is 22. The molecule has 0 aromatic carbocycles. The van der Waals surface area contributed by atoms with Crippen molar-refractivity contribution in [2.24, 2.45) is 0 Å². The second kappa shape index (κ2) is 28.6. The fourth-order valence-corrected chi connectivity index (χ4v) is 5.23. The van der Waals surface area contributed by atoms with Crippen molar-refractivity contribution in [1.29, 1.82) is 0 Å². The van der Waals surface area contributed by atoms with Gasteiger partial charge in [0.05, 0.1) is 27.2 Å². The van der Waals surface area contributed by atoms with Crippen LogP contribution in [0.1, 0.15) is 174 Å². The van der Waals surface area contributed by atoms with Gasteiger partial charge in [-0.05, 0) is 19.3 Å². The Hall–Kier alpha value is -0.410. The van der Waals surface area contributed by atoms with E-state index >= 15 is 0 Å². The Balaban J connectivity index is 3.39. The van der Waals surface area contributed by atoms with Gasteiger partial charge in [-0.2, -0.15) is 0 Å². The van der Waals surface area contributed by atoms with E-state index in [2.05, 4.69) is 27.9 Å². The summed E-state index contributed by atoms with van der Waals surface area (Å²) in [6.07, 6.45) is 33.6. The fraction of sp³-hybridized carbons (Fsp3) is 0.971. The van der Waals surface area contributed by atoms with Crippen molar-refractivity contribution in [3.8, 4) is 0 Å². The molecule has 0 aromatic heterocycles. The third-order valence-electron chi connectivity index (χ3n) is 8.03. The summed E-state index contributed by atoms with van der Waals surface area (Å²) in [6, 6.07) is 0. The minimum Gasteiger partial charge on any atom is -0.368 e. The number of likely N-dealkylation sites (N-methyl/N-ethyl adjacent to an activating group) is 1. The number of carbonyl (C=O) groups excluding carboxylic acids is 1. The summed E-state index contributed by atoms with van der Waals surface area (Å²) in [4.78, 5) is 12.1. The maximum Gasteiger partial charge on any atom is 0.158 e. The van der Waals surface area contributed by atoms with E-state index < -0.39 is 0 Å². The van der Waals surface area contributed by atoms with Crippen LogP contribution in [0.5, 0.6) is 0 Å². The van der Waals surface area contributed by atoms with Gasteiger partial charge in [-0.1, -0.05) is 149 Å². The zero-order valence-electron chi connectivity index (χ0n) is 26.3. The molecule has 0 atom stereocenters. The van der Waals surface area contributed by atoms with E-state index in [4.69, 9.17) is 4.74 Å². The maximum absolute atomic E-state index is 12.1. The summed E-state index contributed by atoms with van der Waals surface area (Å²) in [7, 11) is 4.60. The van der Waals surface area contributed by atoms with Gasteiger partial charge in [0.1, 0.15) is 13.2 Å². The monoisotopic (exact) mass is 525 g/mol. The van der Waals surface area contributed by atoms with E-state index in [1.54, 1.807) is 0 Å². The molecule has 0 spiro atoms. The van der Waals surface area contributed by atoms with Crippen LogP contribution >= 0.6 is 0 Å². The highest BCUT2D eigenvalue weighted by Crippen LogP contribution is 2.14. The largest absolute Gasteiger partial charge is 0.368 e. The molecule has 0 rings (SSSR count). The smallest absolute Gasteiger partial charge is 0.158 e. The third kappa shape index (κ3) is 30.0. The molecule has 0 unspecified atom stereocenters. The van der Waals surface area contributed by atoms with Gasteiger partial charge in [0.15, 0.2) is 5.78 Å². The number of Topliss-reactive ketones (excluding diaryl/α,β-unsaturated/α-hetero) is 1. The molecule has 0 aromatic rings. The van der Waals surface area contributed by atoms with Gasteiger partial charge in [-0.3, -0.25) is 4.79 Å². The van der Waals surface area contributed by atoms with Crippen molar-refractivity contribution < 1.29 is 14.0 Å². The first kappa shape index (κ1) is 36.6. The number of ketones is 1. The first-order valence-electron chi connectivity index (χ1n) is 16.9. The van der Waals surface area contributed by atoms with Crippen LogP contribution < -0.4 is 0 Å². The Labute approximate surface area is 234 Å². The minimum atomic E-state index is 0.291. The molecule has 222 valence electrons. The molecule has 0 heterocycles. The summed E-state index contributed by atoms with van der Waals surface area (Å²) in [5.74, 6) is 0.291. The molecule has 0 aliphatic rings. The molecule has 0 bridgehead atoms. The molecule has 3 nitrogen and oxygen atoms in total. The summed E-state index contributed by atoms with van der Waals surface area (Å²) < 4.78 is 6.74. The number of hydrogen-bond donors (Lipinski definition) is 0. The summed E-state index contributed by atoms with van der Waals surface area (Å²) in [6.45, 7) is 7.81. The molecule has 37 heavy (non-hydrogen) atoms. The molecule has 0 radical (unpaired) electrons. The number of carbonyl (C=O) groups is 1. The van der Waals surface area contributed by atoms with Crippen LogP contribution in [-0.4, -0.2) is 50.7 Å². The van der Waals surface area contributed by atoms with Crippen molar-refractivity contribution in [2.75, 3.05) is 40.4 Å². The van der Waals surface area contributed by atoms with Crippen LogP contribution in [0.25, 0.3) is 0 Å². The van der Waals surface area contributed by atoms with Gasteiger partial charge in [-0.25, -0.2) is 0 Å². The van der Waals surface area contributed by atoms with Crippen LogP contribution in [0.15, 0.2) is 0 Å². The predicted octanol–water partition coefficient (Wildman–Crippen LogP) is 10.4. The topological polar surface area (TPSA) is 26.3 Å². The quantitative estimate of drug-likeness (QED) is 0.0666. The Morgan fingerprint density at radius 3 is 1.24 bits per heavy atom. The molecule has 0 N–H and O–H groups in total. The van der Waals surface area contributed by atoms with E-state index in [0.717, 1.165) is 17.4 Å². The Kier molecular flexibility index (Phi) is 28.3. The fourth-order valence-electron chi connectivity index (χ4n) is 5.23. The molecule has 0 saturated heterocycles. The zero-order chi connectivity index (χ0) is 27.3. The molecule has 0 fully saturated rings. The van der Waals surface area contributed by atoms with Gasteiger partial charge >= 0.3 is 0 Å². The summed E-state index contributed by atoms with van der Waals surface area (Å²) in [5, 5.41) is 0. The van der Waals surface area contributed by atoms with Gasteiger partial charge in [-0.15, -0.1) is 0 Å². The van der Waals surface area contributed by atoms with E-state index in [1.807, 2.05) is 0 Å². The van der Waals surface area contributed by atoms with Crippen LogP contribution in [0.2, 0.25) is 0 Å². The highest BCUT2D eigenvalue weighted by atomic mass is 16.5. The first-order valence-corrected chi connectivity index (χ1v) is 16.9. The Morgan fingerprint density at radius 2 is 0.838 bits per heavy atom. The normalized spacial score (nSPS) is 11.9. The SMILES string of the molecule is CCCCCCCCCCCCCCCCC(=O)COCC[N+](C)(C)CCCCCCCCCCCC. The molecular weight excluding hydrogens is 454 g/mol. The molecule has 0 saturated carbocycles. The number of quaternary nitrogens is 1. The second-order valence-corrected chi connectivity index (χ2v) is 12.5. The molecule has 0 aliphatic carbocycles. The highest BCUT2D eigenvalue weighted by molar-refractivity contribution is 5.79. The van der Waals surface area contributed by atoms with Crippen molar-refractivity contribution in [3.63, 3.8) is 0 Å². The van der Waals surface area contributed by atoms with Crippen LogP contribution in [0, 0.1) is 0 Å². The van der Waals surface area contributed by atoms with Crippen molar-refractivity contribution >= 4 is 5.78 Å². The zero-order valence-corrected chi connectivity index (χ0v) is 26.3. The predicted molar refractivity (Wildman–Crippen MR) is 164 cm³/mol. The standard InChI is InChI=1S/C34H70NO2/c1-5-7-9-11-13-15-17-18-19-20-21-23-25-27-29-34(36)33-37-32-31-35(3,4)30-28-26-24-22-16-14-12-10-8-6-2/h5-33H2,1-4H3/q+1. The molecule has 0 amide bonds. The Morgan fingerprint density at radius 1 is 0.486 bits per heavy atom. The van der Waals surface area contributed by atoms with Gasteiger partial charge in [0.2, 0.25) is 0 Å². The van der Waals surface area contributed by atoms with Crippen molar-refractivity contribution in [3.05, 3.63) is 0 Å². The lowest BCUT2D eigenvalue weighted by molar-refractivity contribution is -0.890.